The Morgan fingerprint density at radius 3 is 1.82 bits per heavy atom. The van der Waals surface area contributed by atoms with E-state index in [-0.39, 0.29) is 13.2 Å². The van der Waals surface area contributed by atoms with Crippen molar-refractivity contribution in [3.8, 4) is 0 Å². The molecule has 0 aromatic rings. The molecular weight excluding hydrogens is 356 g/mol. The molecule has 0 aromatic heterocycles. The Bertz CT molecular complexity index is 361. The van der Waals surface area contributed by atoms with Gasteiger partial charge in [0.2, 0.25) is 0 Å². The number of aliphatic hydroxyl groups excluding tert-OH is 3. The van der Waals surface area contributed by atoms with Gasteiger partial charge in [0.15, 0.2) is 0 Å². The zero-order valence-electron chi connectivity index (χ0n) is 17.8. The van der Waals surface area contributed by atoms with E-state index in [0.717, 1.165) is 19.3 Å². The Morgan fingerprint density at radius 2 is 1.32 bits per heavy atom. The van der Waals surface area contributed by atoms with Crippen molar-refractivity contribution in [3.63, 3.8) is 0 Å². The molecule has 5 nitrogen and oxygen atoms in total. The van der Waals surface area contributed by atoms with Gasteiger partial charge in [-0.05, 0) is 19.3 Å². The van der Waals surface area contributed by atoms with E-state index in [4.69, 9.17) is 9.47 Å². The third-order valence-electron chi connectivity index (χ3n) is 5.62. The van der Waals surface area contributed by atoms with E-state index in [1.54, 1.807) is 0 Å². The van der Waals surface area contributed by atoms with Gasteiger partial charge < -0.3 is 24.8 Å². The van der Waals surface area contributed by atoms with Gasteiger partial charge in [0.1, 0.15) is 24.4 Å². The molecule has 4 atom stereocenters. The zero-order chi connectivity index (χ0) is 20.5. The second-order valence-corrected chi connectivity index (χ2v) is 8.12. The average molecular weight is 401 g/mol. The summed E-state index contributed by atoms with van der Waals surface area (Å²) in [4.78, 5) is 0. The lowest BCUT2D eigenvalue weighted by atomic mass is 10.0. The van der Waals surface area contributed by atoms with Gasteiger partial charge in [-0.2, -0.15) is 0 Å². The van der Waals surface area contributed by atoms with Crippen molar-refractivity contribution >= 4 is 0 Å². The van der Waals surface area contributed by atoms with Gasteiger partial charge in [-0.25, -0.2) is 0 Å². The molecule has 0 saturated carbocycles. The van der Waals surface area contributed by atoms with Crippen molar-refractivity contribution in [1.82, 2.24) is 0 Å². The van der Waals surface area contributed by atoms with Crippen molar-refractivity contribution in [3.05, 3.63) is 12.7 Å². The van der Waals surface area contributed by atoms with Crippen LogP contribution in [0.25, 0.3) is 0 Å². The van der Waals surface area contributed by atoms with Crippen LogP contribution in [0, 0.1) is 0 Å². The Morgan fingerprint density at radius 1 is 0.821 bits per heavy atom. The molecule has 1 aliphatic rings. The highest BCUT2D eigenvalue weighted by atomic mass is 16.6. The highest BCUT2D eigenvalue weighted by Gasteiger charge is 2.39. The molecule has 1 saturated heterocycles. The fraction of sp³-hybridized carbons (Fsp3) is 0.913. The Balaban J connectivity index is 1.86. The number of unbranched alkanes of at least 4 members (excludes halogenated alkanes) is 13. The summed E-state index contributed by atoms with van der Waals surface area (Å²) in [5.74, 6) is 0. The molecule has 1 aliphatic heterocycles. The smallest absolute Gasteiger partial charge is 0.114 e. The Hall–Kier alpha value is -0.460. The normalized spacial score (nSPS) is 25.1. The molecule has 0 unspecified atom stereocenters. The number of rotatable bonds is 18. The first-order valence-electron chi connectivity index (χ1n) is 11.5. The lowest BCUT2D eigenvalue weighted by molar-refractivity contribution is -0.211. The summed E-state index contributed by atoms with van der Waals surface area (Å²) in [6, 6.07) is 0. The van der Waals surface area contributed by atoms with Crippen LogP contribution in [0.2, 0.25) is 0 Å². The van der Waals surface area contributed by atoms with Gasteiger partial charge in [-0.1, -0.05) is 76.7 Å². The lowest BCUT2D eigenvalue weighted by Gasteiger charge is -2.37. The molecule has 0 bridgehead atoms. The second-order valence-electron chi connectivity index (χ2n) is 8.12. The SMILES string of the molecule is C=CCCCCCCCCCCCCCCCO[C@@H]1[C@@H](O)[C@H](O)CO[C@H]1CO. The van der Waals surface area contributed by atoms with Crippen LogP contribution in [-0.4, -0.2) is 59.6 Å². The monoisotopic (exact) mass is 400 g/mol. The maximum Gasteiger partial charge on any atom is 0.114 e. The summed E-state index contributed by atoms with van der Waals surface area (Å²) >= 11 is 0. The first kappa shape index (κ1) is 25.6. The van der Waals surface area contributed by atoms with Crippen molar-refractivity contribution in [2.24, 2.45) is 0 Å². The summed E-state index contributed by atoms with van der Waals surface area (Å²) in [6.45, 7) is 4.13. The van der Waals surface area contributed by atoms with Crippen molar-refractivity contribution < 1.29 is 24.8 Å². The molecular formula is C23H44O5. The number of hydrogen-bond donors (Lipinski definition) is 3. The predicted octanol–water partition coefficient (Wildman–Crippen LogP) is 4.13. The fourth-order valence-corrected chi connectivity index (χ4v) is 3.77. The van der Waals surface area contributed by atoms with Crippen molar-refractivity contribution in [2.75, 3.05) is 19.8 Å². The molecule has 166 valence electrons. The minimum Gasteiger partial charge on any atom is -0.394 e. The van der Waals surface area contributed by atoms with Gasteiger partial charge >= 0.3 is 0 Å². The van der Waals surface area contributed by atoms with E-state index in [1.165, 1.54) is 70.6 Å². The van der Waals surface area contributed by atoms with Crippen LogP contribution in [0.1, 0.15) is 89.9 Å². The fourth-order valence-electron chi connectivity index (χ4n) is 3.77. The minimum absolute atomic E-state index is 0.0436. The summed E-state index contributed by atoms with van der Waals surface area (Å²) in [7, 11) is 0. The molecule has 0 aromatic carbocycles. The van der Waals surface area contributed by atoms with Crippen LogP contribution in [0.3, 0.4) is 0 Å². The molecule has 0 amide bonds. The first-order chi connectivity index (χ1) is 13.7. The predicted molar refractivity (Wildman–Crippen MR) is 113 cm³/mol. The Kier molecular flexibility index (Phi) is 15.9. The summed E-state index contributed by atoms with van der Waals surface area (Å²) in [5.41, 5.74) is 0. The van der Waals surface area contributed by atoms with Crippen molar-refractivity contribution in [2.45, 2.75) is 114 Å². The van der Waals surface area contributed by atoms with E-state index >= 15 is 0 Å². The number of ether oxygens (including phenoxy) is 2. The molecule has 3 N–H and O–H groups in total. The molecule has 0 radical (unpaired) electrons. The standard InChI is InChI=1S/C23H44O5/c1-2-3-4-5-6-7-8-9-10-11-12-13-14-15-16-17-27-23-21(18-24)28-19-20(25)22(23)26/h2,20-26H,1,3-19H2/t20-,21+,22+,23+/m1/s1. The van der Waals surface area contributed by atoms with Crippen LogP contribution in [-0.2, 0) is 9.47 Å². The van der Waals surface area contributed by atoms with Crippen molar-refractivity contribution in [1.29, 1.82) is 0 Å². The average Bonchev–Trinajstić information content (AvgIpc) is 2.70. The largest absolute Gasteiger partial charge is 0.394 e. The molecule has 1 fully saturated rings. The number of hydrogen-bond acceptors (Lipinski definition) is 5. The van der Waals surface area contributed by atoms with E-state index in [1.807, 2.05) is 6.08 Å². The van der Waals surface area contributed by atoms with E-state index < -0.39 is 24.4 Å². The first-order valence-corrected chi connectivity index (χ1v) is 11.5. The highest BCUT2D eigenvalue weighted by molar-refractivity contribution is 4.87. The molecule has 1 heterocycles. The van der Waals surface area contributed by atoms with Gasteiger partial charge in [0, 0.05) is 6.61 Å². The minimum atomic E-state index is -0.988. The van der Waals surface area contributed by atoms with Crippen LogP contribution in [0.15, 0.2) is 12.7 Å². The molecule has 0 spiro atoms. The molecule has 5 heteroatoms. The summed E-state index contributed by atoms with van der Waals surface area (Å²) < 4.78 is 11.0. The van der Waals surface area contributed by atoms with Crippen LogP contribution in [0.5, 0.6) is 0 Å². The van der Waals surface area contributed by atoms with Gasteiger partial charge in [-0.15, -0.1) is 6.58 Å². The van der Waals surface area contributed by atoms with Crippen LogP contribution in [0.4, 0.5) is 0 Å². The van der Waals surface area contributed by atoms with E-state index in [2.05, 4.69) is 6.58 Å². The van der Waals surface area contributed by atoms with Gasteiger partial charge in [-0.3, -0.25) is 0 Å². The summed E-state index contributed by atoms with van der Waals surface area (Å²) in [6.07, 6.45) is 16.8. The summed E-state index contributed by atoms with van der Waals surface area (Å²) in [5, 5.41) is 29.0. The van der Waals surface area contributed by atoms with Crippen LogP contribution < -0.4 is 0 Å². The maximum absolute atomic E-state index is 9.99. The lowest BCUT2D eigenvalue weighted by Crippen LogP contribution is -2.55. The second kappa shape index (κ2) is 17.4. The maximum atomic E-state index is 9.99. The topological polar surface area (TPSA) is 79.2 Å². The third kappa shape index (κ3) is 11.5. The van der Waals surface area contributed by atoms with Gasteiger partial charge in [0.05, 0.1) is 13.2 Å². The van der Waals surface area contributed by atoms with E-state index in [9.17, 15) is 15.3 Å². The highest BCUT2D eigenvalue weighted by Crippen LogP contribution is 2.19. The van der Waals surface area contributed by atoms with Crippen LogP contribution >= 0.6 is 0 Å². The molecule has 0 aliphatic carbocycles. The Labute approximate surface area is 172 Å². The molecule has 28 heavy (non-hydrogen) atoms. The molecule has 1 rings (SSSR count). The van der Waals surface area contributed by atoms with E-state index in [0.29, 0.717) is 6.61 Å². The quantitative estimate of drug-likeness (QED) is 0.238. The third-order valence-corrected chi connectivity index (χ3v) is 5.62. The number of allylic oxidation sites excluding steroid dienone is 1. The zero-order valence-corrected chi connectivity index (χ0v) is 17.8. The van der Waals surface area contributed by atoms with Gasteiger partial charge in [0.25, 0.3) is 0 Å². The number of aliphatic hydroxyl groups is 3.